The van der Waals surface area contributed by atoms with E-state index in [9.17, 15) is 4.79 Å². The number of amides is 1. The fourth-order valence-corrected chi connectivity index (χ4v) is 3.52. The van der Waals surface area contributed by atoms with E-state index in [2.05, 4.69) is 51.7 Å². The smallest absolute Gasteiger partial charge is 0.407 e. The predicted octanol–water partition coefficient (Wildman–Crippen LogP) is 5.01. The van der Waals surface area contributed by atoms with Crippen molar-refractivity contribution in [3.8, 4) is 0 Å². The average molecular weight is 383 g/mol. The highest BCUT2D eigenvalue weighted by atomic mass is 79.9. The van der Waals surface area contributed by atoms with E-state index in [1.54, 1.807) is 0 Å². The molecule has 0 aromatic heterocycles. The average Bonchev–Trinajstić information content (AvgIpc) is 2.37. The number of hydrogen-bond donors (Lipinski definition) is 2. The zero-order chi connectivity index (χ0) is 17.0. The number of carbonyl (C=O) groups is 1. The third-order valence-electron chi connectivity index (χ3n) is 3.86. The molecule has 1 aliphatic carbocycles. The number of hydrogen-bond acceptors (Lipinski definition) is 3. The first-order valence-electron chi connectivity index (χ1n) is 8.24. The first kappa shape index (κ1) is 18.1. The largest absolute Gasteiger partial charge is 0.444 e. The molecule has 0 heterocycles. The maximum absolute atomic E-state index is 11.8. The summed E-state index contributed by atoms with van der Waals surface area (Å²) in [6.07, 6.45) is 3.74. The van der Waals surface area contributed by atoms with Gasteiger partial charge in [0.25, 0.3) is 0 Å². The van der Waals surface area contributed by atoms with Crippen LogP contribution in [0.5, 0.6) is 0 Å². The van der Waals surface area contributed by atoms with Crippen LogP contribution in [-0.2, 0) is 4.74 Å². The summed E-state index contributed by atoms with van der Waals surface area (Å²) in [5.41, 5.74) is 1.95. The monoisotopic (exact) mass is 382 g/mol. The van der Waals surface area contributed by atoms with Crippen molar-refractivity contribution in [2.45, 2.75) is 71.1 Å². The third kappa shape index (κ3) is 6.42. The van der Waals surface area contributed by atoms with Gasteiger partial charge in [-0.2, -0.15) is 0 Å². The van der Waals surface area contributed by atoms with Crippen molar-refractivity contribution in [1.82, 2.24) is 5.32 Å². The van der Waals surface area contributed by atoms with E-state index in [1.807, 2.05) is 20.8 Å². The molecule has 0 radical (unpaired) electrons. The Bertz CT molecular complexity index is 526. The molecule has 0 atom stereocenters. The summed E-state index contributed by atoms with van der Waals surface area (Å²) >= 11 is 3.54. The van der Waals surface area contributed by atoms with Gasteiger partial charge in [0.2, 0.25) is 0 Å². The Balaban J connectivity index is 1.78. The zero-order valence-corrected chi connectivity index (χ0v) is 16.0. The molecule has 0 saturated heterocycles. The molecule has 4 nitrogen and oxygen atoms in total. The lowest BCUT2D eigenvalue weighted by Crippen LogP contribution is -2.42. The summed E-state index contributed by atoms with van der Waals surface area (Å²) in [5, 5.41) is 6.58. The van der Waals surface area contributed by atoms with E-state index in [0.717, 1.165) is 35.8 Å². The van der Waals surface area contributed by atoms with Gasteiger partial charge in [-0.25, -0.2) is 4.79 Å². The van der Waals surface area contributed by atoms with Gasteiger partial charge in [0.15, 0.2) is 0 Å². The highest BCUT2D eigenvalue weighted by Crippen LogP contribution is 2.25. The van der Waals surface area contributed by atoms with Gasteiger partial charge in [0.05, 0.1) is 0 Å². The Morgan fingerprint density at radius 3 is 2.30 bits per heavy atom. The van der Waals surface area contributed by atoms with Crippen molar-refractivity contribution in [2.24, 2.45) is 0 Å². The number of aryl methyl sites for hydroxylation is 1. The predicted molar refractivity (Wildman–Crippen MR) is 97.9 cm³/mol. The molecule has 0 spiro atoms. The lowest BCUT2D eigenvalue weighted by atomic mass is 9.91. The fraction of sp³-hybridized carbons (Fsp3) is 0.611. The summed E-state index contributed by atoms with van der Waals surface area (Å²) in [6, 6.07) is 7.05. The molecular weight excluding hydrogens is 356 g/mol. The molecule has 1 fully saturated rings. The second-order valence-electron chi connectivity index (χ2n) is 7.36. The van der Waals surface area contributed by atoms with Crippen LogP contribution in [0.15, 0.2) is 22.7 Å². The molecule has 5 heteroatoms. The van der Waals surface area contributed by atoms with Crippen molar-refractivity contribution >= 4 is 27.7 Å². The Kier molecular flexibility index (Phi) is 5.95. The lowest BCUT2D eigenvalue weighted by Gasteiger charge is -2.31. The summed E-state index contributed by atoms with van der Waals surface area (Å²) in [7, 11) is 0. The van der Waals surface area contributed by atoms with Gasteiger partial charge in [-0.1, -0.05) is 15.9 Å². The van der Waals surface area contributed by atoms with Gasteiger partial charge in [-0.05, 0) is 77.1 Å². The molecule has 23 heavy (non-hydrogen) atoms. The number of nitrogens with one attached hydrogen (secondary N) is 2. The van der Waals surface area contributed by atoms with Crippen molar-refractivity contribution in [1.29, 1.82) is 0 Å². The van der Waals surface area contributed by atoms with Crippen LogP contribution in [0.4, 0.5) is 10.5 Å². The third-order valence-corrected chi connectivity index (χ3v) is 4.32. The molecular formula is C18H27BrN2O2. The van der Waals surface area contributed by atoms with E-state index in [0.29, 0.717) is 6.04 Å². The topological polar surface area (TPSA) is 50.4 Å². The van der Waals surface area contributed by atoms with E-state index < -0.39 is 5.60 Å². The molecule has 0 bridgehead atoms. The summed E-state index contributed by atoms with van der Waals surface area (Å²) < 4.78 is 6.42. The number of benzene rings is 1. The molecule has 1 saturated carbocycles. The number of rotatable bonds is 3. The highest BCUT2D eigenvalue weighted by molar-refractivity contribution is 9.10. The van der Waals surface area contributed by atoms with Gasteiger partial charge in [-0.15, -0.1) is 0 Å². The molecule has 1 aromatic rings. The molecule has 0 unspecified atom stereocenters. The van der Waals surface area contributed by atoms with Gasteiger partial charge in [0.1, 0.15) is 5.60 Å². The summed E-state index contributed by atoms with van der Waals surface area (Å²) in [4.78, 5) is 11.8. The Morgan fingerprint density at radius 2 is 1.74 bits per heavy atom. The minimum atomic E-state index is -0.443. The lowest BCUT2D eigenvalue weighted by molar-refractivity contribution is 0.0492. The molecule has 1 aromatic carbocycles. The van der Waals surface area contributed by atoms with Crippen LogP contribution in [0.3, 0.4) is 0 Å². The Hall–Kier alpha value is -1.23. The molecule has 1 aliphatic rings. The highest BCUT2D eigenvalue weighted by Gasteiger charge is 2.24. The minimum absolute atomic E-state index is 0.215. The van der Waals surface area contributed by atoms with Gasteiger partial charge in [-0.3, -0.25) is 0 Å². The quantitative estimate of drug-likeness (QED) is 0.772. The number of anilines is 1. The van der Waals surface area contributed by atoms with Crippen LogP contribution in [0.25, 0.3) is 0 Å². The van der Waals surface area contributed by atoms with Crippen molar-refractivity contribution in [3.63, 3.8) is 0 Å². The first-order chi connectivity index (χ1) is 10.7. The first-order valence-corrected chi connectivity index (χ1v) is 9.04. The van der Waals surface area contributed by atoms with Crippen LogP contribution in [-0.4, -0.2) is 23.8 Å². The van der Waals surface area contributed by atoms with Crippen LogP contribution in [0, 0.1) is 6.92 Å². The normalized spacial score (nSPS) is 21.6. The SMILES string of the molecule is Cc1cc(Br)cc(NC2CCC(NC(=O)OC(C)(C)C)CC2)c1. The Labute approximate surface area is 147 Å². The van der Waals surface area contributed by atoms with Crippen LogP contribution in [0.2, 0.25) is 0 Å². The van der Waals surface area contributed by atoms with Crippen molar-refractivity contribution in [2.75, 3.05) is 5.32 Å². The molecule has 2 N–H and O–H groups in total. The number of carbonyl (C=O) groups excluding carboxylic acids is 1. The molecule has 0 aliphatic heterocycles. The van der Waals surface area contributed by atoms with E-state index in [1.165, 1.54) is 5.56 Å². The van der Waals surface area contributed by atoms with Gasteiger partial charge < -0.3 is 15.4 Å². The fourth-order valence-electron chi connectivity index (χ4n) is 2.91. The number of halogens is 1. The summed E-state index contributed by atoms with van der Waals surface area (Å²) in [6.45, 7) is 7.74. The molecule has 128 valence electrons. The van der Waals surface area contributed by atoms with E-state index >= 15 is 0 Å². The van der Waals surface area contributed by atoms with Crippen LogP contribution >= 0.6 is 15.9 Å². The minimum Gasteiger partial charge on any atom is -0.444 e. The number of ether oxygens (including phenoxy) is 1. The molecule has 2 rings (SSSR count). The maximum Gasteiger partial charge on any atom is 0.407 e. The van der Waals surface area contributed by atoms with Gasteiger partial charge in [0, 0.05) is 22.2 Å². The van der Waals surface area contributed by atoms with Crippen LogP contribution in [0.1, 0.15) is 52.0 Å². The van der Waals surface area contributed by atoms with Crippen LogP contribution < -0.4 is 10.6 Å². The maximum atomic E-state index is 11.8. The van der Waals surface area contributed by atoms with Gasteiger partial charge >= 0.3 is 6.09 Å². The van der Waals surface area contributed by atoms with E-state index in [-0.39, 0.29) is 12.1 Å². The van der Waals surface area contributed by atoms with E-state index in [4.69, 9.17) is 4.74 Å². The zero-order valence-electron chi connectivity index (χ0n) is 14.4. The molecule has 1 amide bonds. The number of alkyl carbamates (subject to hydrolysis) is 1. The Morgan fingerprint density at radius 1 is 1.13 bits per heavy atom. The summed E-state index contributed by atoms with van der Waals surface area (Å²) in [5.74, 6) is 0. The second-order valence-corrected chi connectivity index (χ2v) is 8.27. The second kappa shape index (κ2) is 7.56. The van der Waals surface area contributed by atoms with Crippen molar-refractivity contribution in [3.05, 3.63) is 28.2 Å². The van der Waals surface area contributed by atoms with Crippen molar-refractivity contribution < 1.29 is 9.53 Å². The standard InChI is InChI=1S/C18H27BrN2O2/c1-12-9-13(19)11-16(10-12)20-14-5-7-15(8-6-14)21-17(22)23-18(2,3)4/h9-11,14-15,20H,5-8H2,1-4H3,(H,21,22).